The molecule has 0 spiro atoms. The molecule has 3 nitrogen and oxygen atoms in total. The number of aryl methyl sites for hydroxylation is 1. The van der Waals surface area contributed by atoms with Crippen LogP contribution in [0, 0.1) is 6.92 Å². The normalized spacial score (nSPS) is 10.1. The molecule has 0 fully saturated rings. The number of pyridine rings is 1. The Morgan fingerprint density at radius 3 is 2.94 bits per heavy atom. The number of aromatic nitrogens is 1. The van der Waals surface area contributed by atoms with Gasteiger partial charge in [-0.2, -0.15) is 0 Å². The number of nitrogens with zero attached hydrogens (tertiary/aromatic N) is 1. The van der Waals surface area contributed by atoms with Crippen molar-refractivity contribution in [2.75, 3.05) is 0 Å². The van der Waals surface area contributed by atoms with Crippen LogP contribution in [0.25, 0.3) is 10.9 Å². The number of fused-ring (bicyclic) bond motifs is 1. The quantitative estimate of drug-likeness (QED) is 0.437. The molecular weight excluding hydrogens is 202 g/mol. The summed E-state index contributed by atoms with van der Waals surface area (Å²) < 4.78 is 5.11. The van der Waals surface area contributed by atoms with Gasteiger partial charge in [-0.15, -0.1) is 0 Å². The Labute approximate surface area is 93.4 Å². The maximum atomic E-state index is 11.1. The Hall–Kier alpha value is -2.16. The molecule has 0 aliphatic heterocycles. The molecule has 0 aliphatic carbocycles. The van der Waals surface area contributed by atoms with Crippen molar-refractivity contribution in [2.45, 2.75) is 6.92 Å². The average Bonchev–Trinajstić information content (AvgIpc) is 2.29. The fourth-order valence-electron chi connectivity index (χ4n) is 1.45. The molecule has 0 amide bonds. The second kappa shape index (κ2) is 4.14. The van der Waals surface area contributed by atoms with Crippen molar-refractivity contribution in [3.63, 3.8) is 0 Å². The monoisotopic (exact) mass is 213 g/mol. The predicted molar refractivity (Wildman–Crippen MR) is 62.3 cm³/mol. The van der Waals surface area contributed by atoms with E-state index in [2.05, 4.69) is 11.6 Å². The maximum Gasteiger partial charge on any atom is 0.335 e. The van der Waals surface area contributed by atoms with E-state index in [1.165, 1.54) is 0 Å². The fourth-order valence-corrected chi connectivity index (χ4v) is 1.45. The van der Waals surface area contributed by atoms with E-state index < -0.39 is 5.97 Å². The topological polar surface area (TPSA) is 39.2 Å². The van der Waals surface area contributed by atoms with Gasteiger partial charge in [0.1, 0.15) is 5.52 Å². The number of benzene rings is 1. The van der Waals surface area contributed by atoms with Crippen LogP contribution in [0.3, 0.4) is 0 Å². The largest absolute Gasteiger partial charge is 0.421 e. The van der Waals surface area contributed by atoms with E-state index in [4.69, 9.17) is 4.74 Å². The van der Waals surface area contributed by atoms with Crippen molar-refractivity contribution in [1.82, 2.24) is 4.98 Å². The van der Waals surface area contributed by atoms with Crippen LogP contribution in [0.15, 0.2) is 43.0 Å². The van der Waals surface area contributed by atoms with Gasteiger partial charge in [0, 0.05) is 17.2 Å². The van der Waals surface area contributed by atoms with Gasteiger partial charge < -0.3 is 4.74 Å². The molecule has 0 saturated carbocycles. The fraction of sp³-hybridized carbons (Fsp3) is 0.0769. The summed E-state index contributed by atoms with van der Waals surface area (Å²) in [6.07, 6.45) is 1.13. The third-order valence-electron chi connectivity index (χ3n) is 2.20. The lowest BCUT2D eigenvalue weighted by molar-refractivity contribution is -0.128. The molecule has 80 valence electrons. The van der Waals surface area contributed by atoms with Crippen LogP contribution >= 0.6 is 0 Å². The van der Waals surface area contributed by atoms with Crippen LogP contribution in [0.5, 0.6) is 5.75 Å². The summed E-state index contributed by atoms with van der Waals surface area (Å²) in [5.74, 6) is -0.0121. The van der Waals surface area contributed by atoms with Crippen molar-refractivity contribution >= 4 is 16.9 Å². The summed E-state index contributed by atoms with van der Waals surface area (Å²) >= 11 is 0. The number of carbonyl (C=O) groups excluding carboxylic acids is 1. The van der Waals surface area contributed by atoms with Gasteiger partial charge in [-0.3, -0.25) is 0 Å². The van der Waals surface area contributed by atoms with Crippen molar-refractivity contribution in [3.8, 4) is 5.75 Å². The molecule has 0 N–H and O–H groups in total. The van der Waals surface area contributed by atoms with E-state index in [0.29, 0.717) is 11.3 Å². The van der Waals surface area contributed by atoms with Crippen LogP contribution in [0.1, 0.15) is 5.69 Å². The molecule has 0 radical (unpaired) electrons. The highest BCUT2D eigenvalue weighted by atomic mass is 16.5. The Morgan fingerprint density at radius 2 is 2.19 bits per heavy atom. The van der Waals surface area contributed by atoms with Crippen molar-refractivity contribution < 1.29 is 9.53 Å². The summed E-state index contributed by atoms with van der Waals surface area (Å²) in [7, 11) is 0. The van der Waals surface area contributed by atoms with Gasteiger partial charge in [-0.25, -0.2) is 9.78 Å². The standard InChI is InChI=1S/C13H11NO2/c1-3-12(15)16-11-6-4-5-10-8-7-9(2)14-13(10)11/h3-8H,1H2,2H3. The zero-order chi connectivity index (χ0) is 11.5. The highest BCUT2D eigenvalue weighted by Gasteiger charge is 2.06. The molecule has 3 heteroatoms. The van der Waals surface area contributed by atoms with Crippen LogP contribution in [-0.4, -0.2) is 11.0 Å². The first kappa shape index (κ1) is 10.4. The van der Waals surface area contributed by atoms with Gasteiger partial charge >= 0.3 is 5.97 Å². The lowest BCUT2D eigenvalue weighted by atomic mass is 10.2. The summed E-state index contributed by atoms with van der Waals surface area (Å²) in [6.45, 7) is 5.25. The van der Waals surface area contributed by atoms with Gasteiger partial charge in [-0.05, 0) is 19.1 Å². The van der Waals surface area contributed by atoms with Gasteiger partial charge in [0.2, 0.25) is 0 Å². The van der Waals surface area contributed by atoms with E-state index >= 15 is 0 Å². The number of hydrogen-bond acceptors (Lipinski definition) is 3. The summed E-state index contributed by atoms with van der Waals surface area (Å²) in [5.41, 5.74) is 1.58. The Kier molecular flexibility index (Phi) is 2.68. The molecule has 1 aromatic heterocycles. The second-order valence-electron chi connectivity index (χ2n) is 3.41. The molecular formula is C13H11NO2. The molecule has 2 rings (SSSR count). The van der Waals surface area contributed by atoms with Crippen LogP contribution in [-0.2, 0) is 4.79 Å². The average molecular weight is 213 g/mol. The third-order valence-corrected chi connectivity index (χ3v) is 2.20. The Morgan fingerprint density at radius 1 is 1.38 bits per heavy atom. The lowest BCUT2D eigenvalue weighted by Crippen LogP contribution is -2.04. The van der Waals surface area contributed by atoms with Crippen molar-refractivity contribution in [1.29, 1.82) is 0 Å². The number of hydrogen-bond donors (Lipinski definition) is 0. The third kappa shape index (κ3) is 1.93. The smallest absolute Gasteiger partial charge is 0.335 e. The van der Waals surface area contributed by atoms with Crippen molar-refractivity contribution in [2.24, 2.45) is 0 Å². The van der Waals surface area contributed by atoms with E-state index in [9.17, 15) is 4.79 Å². The van der Waals surface area contributed by atoms with Gasteiger partial charge in [0.25, 0.3) is 0 Å². The Balaban J connectivity index is 2.55. The molecule has 0 atom stereocenters. The molecule has 1 heterocycles. The molecule has 0 saturated heterocycles. The Bertz CT molecular complexity index is 561. The van der Waals surface area contributed by atoms with Crippen LogP contribution in [0.2, 0.25) is 0 Å². The van der Waals surface area contributed by atoms with E-state index in [1.807, 2.05) is 31.2 Å². The van der Waals surface area contributed by atoms with Gasteiger partial charge in [0.15, 0.2) is 5.75 Å². The zero-order valence-corrected chi connectivity index (χ0v) is 8.93. The van der Waals surface area contributed by atoms with Crippen molar-refractivity contribution in [3.05, 3.63) is 48.7 Å². The molecule has 0 bridgehead atoms. The number of carbonyl (C=O) groups is 1. The van der Waals surface area contributed by atoms with Gasteiger partial charge in [-0.1, -0.05) is 24.8 Å². The van der Waals surface area contributed by atoms with E-state index in [0.717, 1.165) is 17.2 Å². The number of para-hydroxylation sites is 1. The maximum absolute atomic E-state index is 11.1. The second-order valence-corrected chi connectivity index (χ2v) is 3.41. The molecule has 1 aromatic carbocycles. The minimum Gasteiger partial charge on any atom is -0.421 e. The number of ether oxygens (including phenoxy) is 1. The predicted octanol–water partition coefficient (Wildman–Crippen LogP) is 2.63. The van der Waals surface area contributed by atoms with Crippen LogP contribution in [0.4, 0.5) is 0 Å². The highest BCUT2D eigenvalue weighted by molar-refractivity contribution is 5.90. The molecule has 0 unspecified atom stereocenters. The van der Waals surface area contributed by atoms with Gasteiger partial charge in [0.05, 0.1) is 0 Å². The number of esters is 1. The first-order valence-corrected chi connectivity index (χ1v) is 4.91. The molecule has 0 aliphatic rings. The summed E-state index contributed by atoms with van der Waals surface area (Å²) in [5, 5.41) is 0.944. The number of rotatable bonds is 2. The zero-order valence-electron chi connectivity index (χ0n) is 8.93. The first-order chi connectivity index (χ1) is 7.70. The lowest BCUT2D eigenvalue weighted by Gasteiger charge is -2.05. The summed E-state index contributed by atoms with van der Waals surface area (Å²) in [6, 6.07) is 9.33. The minimum absolute atomic E-state index is 0.464. The van der Waals surface area contributed by atoms with E-state index in [1.54, 1.807) is 6.07 Å². The minimum atomic E-state index is -0.476. The van der Waals surface area contributed by atoms with Crippen LogP contribution < -0.4 is 4.74 Å². The molecule has 2 aromatic rings. The highest BCUT2D eigenvalue weighted by Crippen LogP contribution is 2.23. The summed E-state index contributed by atoms with van der Waals surface area (Å²) in [4.78, 5) is 15.5. The SMILES string of the molecule is C=CC(=O)Oc1cccc2ccc(C)nc12. The first-order valence-electron chi connectivity index (χ1n) is 4.91. The van der Waals surface area contributed by atoms with E-state index in [-0.39, 0.29) is 0 Å². The molecule has 16 heavy (non-hydrogen) atoms.